The van der Waals surface area contributed by atoms with Gasteiger partial charge in [-0.25, -0.2) is 0 Å². The molecular formula is C44H66O4. The van der Waals surface area contributed by atoms with Crippen LogP contribution in [0.3, 0.4) is 0 Å². The Balaban J connectivity index is -0.000000154. The van der Waals surface area contributed by atoms with Gasteiger partial charge >= 0.3 is 0 Å². The van der Waals surface area contributed by atoms with Gasteiger partial charge in [-0.3, -0.25) is 0 Å². The van der Waals surface area contributed by atoms with E-state index in [-0.39, 0.29) is 0 Å². The second-order valence-electron chi connectivity index (χ2n) is 7.37. The van der Waals surface area contributed by atoms with E-state index in [0.29, 0.717) is 11.5 Å². The van der Waals surface area contributed by atoms with Crippen molar-refractivity contribution in [1.82, 2.24) is 0 Å². The number of hydrogen-bond donors (Lipinski definition) is 4. The minimum absolute atomic E-state index is 0.322. The highest BCUT2D eigenvalue weighted by Gasteiger charge is 1.86. The fourth-order valence-electron chi connectivity index (χ4n) is 3.12. The Morgan fingerprint density at radius 3 is 0.458 bits per heavy atom. The molecule has 0 spiro atoms. The summed E-state index contributed by atoms with van der Waals surface area (Å²) in [5.74, 6) is 0.644. The number of phenolic OH excluding ortho intramolecular Hbond substituents is 2. The number of fused-ring (bicyclic) bond motifs is 2. The summed E-state index contributed by atoms with van der Waals surface area (Å²) in [6.07, 6.45) is 0. The molecule has 4 nitrogen and oxygen atoms in total. The maximum Gasteiger partial charge on any atom is 0.115 e. The molecule has 0 saturated heterocycles. The van der Waals surface area contributed by atoms with Crippen molar-refractivity contribution < 1.29 is 20.4 Å². The van der Waals surface area contributed by atoms with Gasteiger partial charge < -0.3 is 20.4 Å². The molecule has 0 unspecified atom stereocenters. The lowest BCUT2D eigenvalue weighted by Gasteiger charge is -1.92. The fourth-order valence-corrected chi connectivity index (χ4v) is 3.12. The Labute approximate surface area is 294 Å². The fraction of sp³-hybridized carbons (Fsp3) is 0.273. The predicted octanol–water partition coefficient (Wildman–Crippen LogP) is 12.8. The lowest BCUT2D eigenvalue weighted by Crippen LogP contribution is -1.67. The first-order valence-electron chi connectivity index (χ1n) is 17.0. The molecule has 0 saturated carbocycles. The lowest BCUT2D eigenvalue weighted by molar-refractivity contribution is 0.399. The summed E-state index contributed by atoms with van der Waals surface area (Å²) in [5, 5.41) is 36.5. The molecule has 4 heteroatoms. The highest BCUT2D eigenvalue weighted by Crippen LogP contribution is 2.12. The molecular weight excluding hydrogens is 592 g/mol. The van der Waals surface area contributed by atoms with E-state index in [0.717, 1.165) is 14.2 Å². The average molecular weight is 659 g/mol. The largest absolute Gasteiger partial charge is 0.508 e. The number of benzene rings is 6. The monoisotopic (exact) mass is 658 g/mol. The van der Waals surface area contributed by atoms with Crippen LogP contribution >= 0.6 is 0 Å². The van der Waals surface area contributed by atoms with Crippen molar-refractivity contribution >= 4 is 21.5 Å². The number of para-hydroxylation sites is 2. The van der Waals surface area contributed by atoms with Gasteiger partial charge in [0.05, 0.1) is 0 Å². The van der Waals surface area contributed by atoms with E-state index in [9.17, 15) is 0 Å². The molecule has 6 rings (SSSR count). The van der Waals surface area contributed by atoms with E-state index in [1.165, 1.54) is 21.5 Å². The number of phenols is 2. The number of hydrogen-bond acceptors (Lipinski definition) is 4. The Morgan fingerprint density at radius 1 is 0.229 bits per heavy atom. The number of aromatic hydroxyl groups is 2. The van der Waals surface area contributed by atoms with Crippen LogP contribution < -0.4 is 0 Å². The molecule has 0 aromatic heterocycles. The zero-order valence-electron chi connectivity index (χ0n) is 31.8. The Hall–Kier alpha value is -4.64. The normalized spacial score (nSPS) is 7.54. The van der Waals surface area contributed by atoms with E-state index in [1.807, 2.05) is 81.4 Å². The van der Waals surface area contributed by atoms with Crippen LogP contribution in [0.1, 0.15) is 69.2 Å². The lowest BCUT2D eigenvalue weighted by atomic mass is 10.1. The minimum Gasteiger partial charge on any atom is -0.508 e. The molecule has 0 heterocycles. The second kappa shape index (κ2) is 46.8. The first kappa shape index (κ1) is 52.9. The zero-order valence-corrected chi connectivity index (χ0v) is 31.8. The van der Waals surface area contributed by atoms with E-state index in [1.54, 1.807) is 48.5 Å². The van der Waals surface area contributed by atoms with Crippen molar-refractivity contribution in [1.29, 1.82) is 0 Å². The molecule has 48 heavy (non-hydrogen) atoms. The molecule has 0 atom stereocenters. The Kier molecular flexibility index (Phi) is 51.5. The van der Waals surface area contributed by atoms with E-state index >= 15 is 0 Å². The SMILES string of the molecule is CC.CC.CC.CC.CC.CO.CO.Oc1ccccc1.Oc1ccccc1.c1ccc2ccccc2c1.c1ccc2ccccc2c1. The van der Waals surface area contributed by atoms with E-state index in [4.69, 9.17) is 20.4 Å². The highest BCUT2D eigenvalue weighted by atomic mass is 16.3. The molecule has 0 bridgehead atoms. The van der Waals surface area contributed by atoms with E-state index < -0.39 is 0 Å². The van der Waals surface area contributed by atoms with Crippen molar-refractivity contribution in [2.24, 2.45) is 0 Å². The van der Waals surface area contributed by atoms with Crippen molar-refractivity contribution in [2.75, 3.05) is 14.2 Å². The third-order valence-electron chi connectivity index (χ3n) is 4.83. The van der Waals surface area contributed by atoms with Crippen LogP contribution in [0.25, 0.3) is 21.5 Å². The van der Waals surface area contributed by atoms with Crippen LogP contribution in [-0.4, -0.2) is 34.6 Å². The predicted molar refractivity (Wildman–Crippen MR) is 217 cm³/mol. The average Bonchev–Trinajstić information content (AvgIpc) is 3.22. The van der Waals surface area contributed by atoms with Gasteiger partial charge in [-0.05, 0) is 45.8 Å². The summed E-state index contributed by atoms with van der Waals surface area (Å²) in [6.45, 7) is 20.0. The maximum absolute atomic E-state index is 8.63. The van der Waals surface area contributed by atoms with Gasteiger partial charge in [-0.1, -0.05) is 203 Å². The van der Waals surface area contributed by atoms with Crippen LogP contribution in [0.4, 0.5) is 0 Å². The Bertz CT molecular complexity index is 1130. The summed E-state index contributed by atoms with van der Waals surface area (Å²) in [7, 11) is 2.00. The molecule has 0 aliphatic rings. The first-order valence-corrected chi connectivity index (χ1v) is 17.0. The topological polar surface area (TPSA) is 80.9 Å². The Morgan fingerprint density at radius 2 is 0.354 bits per heavy atom. The molecule has 0 fully saturated rings. The zero-order chi connectivity index (χ0) is 37.8. The van der Waals surface area contributed by atoms with Gasteiger partial charge in [0.15, 0.2) is 0 Å². The smallest absolute Gasteiger partial charge is 0.115 e. The van der Waals surface area contributed by atoms with Crippen molar-refractivity contribution in [2.45, 2.75) is 69.2 Å². The van der Waals surface area contributed by atoms with Crippen LogP contribution in [0.15, 0.2) is 158 Å². The van der Waals surface area contributed by atoms with Crippen LogP contribution in [0, 0.1) is 0 Å². The number of rotatable bonds is 0. The van der Waals surface area contributed by atoms with Crippen molar-refractivity contribution in [3.63, 3.8) is 0 Å². The summed E-state index contributed by atoms with van der Waals surface area (Å²) in [6, 6.07) is 50.9. The second-order valence-corrected chi connectivity index (χ2v) is 7.37. The third-order valence-corrected chi connectivity index (χ3v) is 4.83. The number of aliphatic hydroxyl groups excluding tert-OH is 2. The van der Waals surface area contributed by atoms with Crippen LogP contribution in [-0.2, 0) is 0 Å². The van der Waals surface area contributed by atoms with E-state index in [2.05, 4.69) is 97.1 Å². The standard InChI is InChI=1S/2C10H8.2C6H6O.5C2H6.2CH4O/c2*1-2-6-10-8-4-3-7-9(10)5-1;2*7-6-4-2-1-3-5-6;7*1-2/h2*1-8H;2*1-5,7H;5*1-2H3;2*2H,1H3. The molecule has 0 amide bonds. The van der Waals surface area contributed by atoms with Crippen molar-refractivity contribution in [3.05, 3.63) is 158 Å². The third kappa shape index (κ3) is 30.0. The van der Waals surface area contributed by atoms with Gasteiger partial charge in [0.2, 0.25) is 0 Å². The van der Waals surface area contributed by atoms with Gasteiger partial charge in [0.25, 0.3) is 0 Å². The summed E-state index contributed by atoms with van der Waals surface area (Å²) >= 11 is 0. The van der Waals surface area contributed by atoms with Crippen LogP contribution in [0.2, 0.25) is 0 Å². The maximum atomic E-state index is 8.63. The van der Waals surface area contributed by atoms with Gasteiger partial charge in [0, 0.05) is 14.2 Å². The van der Waals surface area contributed by atoms with Gasteiger partial charge in [0.1, 0.15) is 11.5 Å². The highest BCUT2D eigenvalue weighted by molar-refractivity contribution is 5.82. The minimum atomic E-state index is 0.322. The number of aliphatic hydroxyl groups is 2. The molecule has 0 aliphatic heterocycles. The molecule has 4 N–H and O–H groups in total. The van der Waals surface area contributed by atoms with Gasteiger partial charge in [-0.15, -0.1) is 0 Å². The quantitative estimate of drug-likeness (QED) is 0.131. The summed E-state index contributed by atoms with van der Waals surface area (Å²) in [5.41, 5.74) is 0. The van der Waals surface area contributed by atoms with Crippen LogP contribution in [0.5, 0.6) is 11.5 Å². The summed E-state index contributed by atoms with van der Waals surface area (Å²) < 4.78 is 0. The van der Waals surface area contributed by atoms with Crippen molar-refractivity contribution in [3.8, 4) is 11.5 Å². The first-order chi connectivity index (χ1) is 23.7. The molecule has 6 aromatic carbocycles. The van der Waals surface area contributed by atoms with Gasteiger partial charge in [-0.2, -0.15) is 0 Å². The molecule has 266 valence electrons. The molecule has 0 aliphatic carbocycles. The molecule has 6 aromatic rings. The molecule has 0 radical (unpaired) electrons. The summed E-state index contributed by atoms with van der Waals surface area (Å²) in [4.78, 5) is 0.